The van der Waals surface area contributed by atoms with Crippen LogP contribution >= 0.6 is 12.4 Å². The van der Waals surface area contributed by atoms with Crippen LogP contribution in [-0.4, -0.2) is 38.8 Å². The predicted molar refractivity (Wildman–Crippen MR) is 70.9 cm³/mol. The van der Waals surface area contributed by atoms with E-state index in [2.05, 4.69) is 21.1 Å². The van der Waals surface area contributed by atoms with E-state index in [-0.39, 0.29) is 24.8 Å². The van der Waals surface area contributed by atoms with Crippen LogP contribution in [0.15, 0.2) is 18.2 Å². The van der Waals surface area contributed by atoms with Crippen molar-refractivity contribution in [2.24, 2.45) is 0 Å². The molecule has 0 aliphatic rings. The molecule has 0 saturated heterocycles. The van der Waals surface area contributed by atoms with Gasteiger partial charge in [-0.15, -0.1) is 12.4 Å². The number of quaternary nitrogens is 1. The second kappa shape index (κ2) is 7.48. The molecule has 1 rings (SSSR count). The summed E-state index contributed by atoms with van der Waals surface area (Å²) >= 11 is 0. The number of nitrogens with two attached hydrogens (primary N) is 2. The third-order valence-electron chi connectivity index (χ3n) is 2.06. The minimum absolute atomic E-state index is 0. The van der Waals surface area contributed by atoms with E-state index in [4.69, 9.17) is 16.2 Å². The molecule has 1 aromatic carbocycles. The van der Waals surface area contributed by atoms with Gasteiger partial charge in [0, 0.05) is 11.8 Å². The Kier molecular flexibility index (Phi) is 8.15. The Bertz CT molecular complexity index is 340. The second-order valence-corrected chi connectivity index (χ2v) is 4.66. The van der Waals surface area contributed by atoms with Crippen LogP contribution in [0.3, 0.4) is 0 Å². The van der Waals surface area contributed by atoms with E-state index < -0.39 is 0 Å². The number of hydrogen-bond donors (Lipinski definition) is 2. The average molecular weight is 282 g/mol. The molecule has 1 aromatic rings. The number of ether oxygens (including phenoxy) is 1. The van der Waals surface area contributed by atoms with Crippen LogP contribution in [0.2, 0.25) is 0 Å². The number of nitrogen functional groups attached to an aromatic ring is 2. The molecule has 0 aromatic heterocycles. The van der Waals surface area contributed by atoms with Gasteiger partial charge < -0.3 is 33.1 Å². The van der Waals surface area contributed by atoms with Gasteiger partial charge in [-0.1, -0.05) is 0 Å². The van der Waals surface area contributed by atoms with Gasteiger partial charge in [0.05, 0.1) is 26.8 Å². The SMILES string of the molecule is C[N+](C)(C)CCOc1cc(N)ccc1N.Cl.[Cl-]. The zero-order valence-corrected chi connectivity index (χ0v) is 12.0. The first-order valence-corrected chi connectivity index (χ1v) is 4.97. The van der Waals surface area contributed by atoms with Gasteiger partial charge in [0.25, 0.3) is 0 Å². The number of benzene rings is 1. The fourth-order valence-corrected chi connectivity index (χ4v) is 1.11. The van der Waals surface area contributed by atoms with Crippen LogP contribution in [0.5, 0.6) is 5.75 Å². The Morgan fingerprint density at radius 2 is 1.76 bits per heavy atom. The van der Waals surface area contributed by atoms with E-state index >= 15 is 0 Å². The summed E-state index contributed by atoms with van der Waals surface area (Å²) in [5.41, 5.74) is 12.7. The quantitative estimate of drug-likeness (QED) is 0.514. The van der Waals surface area contributed by atoms with Crippen LogP contribution in [0.25, 0.3) is 0 Å². The van der Waals surface area contributed by atoms with E-state index in [9.17, 15) is 0 Å². The molecule has 4 nitrogen and oxygen atoms in total. The Balaban J connectivity index is 0. The molecule has 0 unspecified atom stereocenters. The highest BCUT2D eigenvalue weighted by atomic mass is 35.5. The molecule has 100 valence electrons. The van der Waals surface area contributed by atoms with Gasteiger partial charge in [-0.25, -0.2) is 0 Å². The maximum atomic E-state index is 5.75. The largest absolute Gasteiger partial charge is 1.00 e. The van der Waals surface area contributed by atoms with Crippen LogP contribution in [0, 0.1) is 0 Å². The topological polar surface area (TPSA) is 61.3 Å². The van der Waals surface area contributed by atoms with Gasteiger partial charge >= 0.3 is 0 Å². The summed E-state index contributed by atoms with van der Waals surface area (Å²) < 4.78 is 6.44. The fourth-order valence-electron chi connectivity index (χ4n) is 1.11. The molecule has 0 amide bonds. The van der Waals surface area contributed by atoms with Gasteiger partial charge in [-0.05, 0) is 12.1 Å². The molecule has 6 heteroatoms. The van der Waals surface area contributed by atoms with Crippen molar-refractivity contribution < 1.29 is 21.6 Å². The Morgan fingerprint density at radius 1 is 1.18 bits per heavy atom. The number of anilines is 2. The van der Waals surface area contributed by atoms with Crippen molar-refractivity contribution in [3.05, 3.63) is 18.2 Å². The third-order valence-corrected chi connectivity index (χ3v) is 2.06. The lowest BCUT2D eigenvalue weighted by Crippen LogP contribution is -3.00. The Labute approximate surface area is 115 Å². The molecule has 0 atom stereocenters. The predicted octanol–water partition coefficient (Wildman–Crippen LogP) is -1.64. The summed E-state index contributed by atoms with van der Waals surface area (Å²) in [6.45, 7) is 1.56. The Morgan fingerprint density at radius 3 is 2.29 bits per heavy atom. The second-order valence-electron chi connectivity index (χ2n) is 4.66. The van der Waals surface area contributed by atoms with Crippen molar-refractivity contribution in [2.75, 3.05) is 45.8 Å². The van der Waals surface area contributed by atoms with E-state index in [1.54, 1.807) is 18.2 Å². The lowest BCUT2D eigenvalue weighted by atomic mass is 10.2. The van der Waals surface area contributed by atoms with Crippen molar-refractivity contribution in [1.29, 1.82) is 0 Å². The van der Waals surface area contributed by atoms with Gasteiger partial charge in [0.2, 0.25) is 0 Å². The highest BCUT2D eigenvalue weighted by Crippen LogP contribution is 2.23. The number of nitrogens with zero attached hydrogens (tertiary/aromatic N) is 1. The summed E-state index contributed by atoms with van der Waals surface area (Å²) in [7, 11) is 6.35. The van der Waals surface area contributed by atoms with Gasteiger partial charge in [-0.2, -0.15) is 0 Å². The number of likely N-dealkylation sites (N-methyl/N-ethyl adjacent to an activating group) is 1. The van der Waals surface area contributed by atoms with Crippen molar-refractivity contribution in [3.8, 4) is 5.75 Å². The Hall–Kier alpha value is -0.840. The molecule has 0 heterocycles. The van der Waals surface area contributed by atoms with Crippen LogP contribution in [-0.2, 0) is 0 Å². The molecule has 0 fully saturated rings. The van der Waals surface area contributed by atoms with E-state index in [1.807, 2.05) is 0 Å². The zero-order chi connectivity index (χ0) is 11.5. The lowest BCUT2D eigenvalue weighted by molar-refractivity contribution is -0.870. The number of halogens is 2. The van der Waals surface area contributed by atoms with Crippen molar-refractivity contribution in [3.63, 3.8) is 0 Å². The number of hydrogen-bond acceptors (Lipinski definition) is 3. The summed E-state index contributed by atoms with van der Waals surface area (Å²) in [5.74, 6) is 0.670. The molecule has 4 N–H and O–H groups in total. The van der Waals surface area contributed by atoms with E-state index in [1.165, 1.54) is 0 Å². The molecule has 0 bridgehead atoms. The average Bonchev–Trinajstić information content (AvgIpc) is 2.09. The molecule has 17 heavy (non-hydrogen) atoms. The monoisotopic (exact) mass is 281 g/mol. The fraction of sp³-hybridized carbons (Fsp3) is 0.455. The third kappa shape index (κ3) is 7.15. The van der Waals surface area contributed by atoms with Crippen molar-refractivity contribution in [2.45, 2.75) is 0 Å². The van der Waals surface area contributed by atoms with E-state index in [0.29, 0.717) is 23.7 Å². The van der Waals surface area contributed by atoms with Crippen LogP contribution in [0.4, 0.5) is 11.4 Å². The summed E-state index contributed by atoms with van der Waals surface area (Å²) in [4.78, 5) is 0. The van der Waals surface area contributed by atoms with Gasteiger partial charge in [0.1, 0.15) is 18.9 Å². The first-order chi connectivity index (χ1) is 6.88. The van der Waals surface area contributed by atoms with Crippen molar-refractivity contribution >= 4 is 23.8 Å². The van der Waals surface area contributed by atoms with Crippen LogP contribution in [0.1, 0.15) is 0 Å². The minimum Gasteiger partial charge on any atom is -1.00 e. The summed E-state index contributed by atoms with van der Waals surface area (Å²) in [6, 6.07) is 5.28. The molecule has 0 aliphatic carbocycles. The zero-order valence-electron chi connectivity index (χ0n) is 10.4. The summed E-state index contributed by atoms with van der Waals surface area (Å²) in [6.07, 6.45) is 0. The van der Waals surface area contributed by atoms with Crippen LogP contribution < -0.4 is 28.6 Å². The number of rotatable bonds is 4. The van der Waals surface area contributed by atoms with Gasteiger partial charge in [-0.3, -0.25) is 0 Å². The maximum absolute atomic E-state index is 5.75. The molecule has 0 radical (unpaired) electrons. The highest BCUT2D eigenvalue weighted by molar-refractivity contribution is 5.85. The summed E-state index contributed by atoms with van der Waals surface area (Å²) in [5, 5.41) is 0. The normalized spacial score (nSPS) is 10.1. The van der Waals surface area contributed by atoms with E-state index in [0.717, 1.165) is 11.0 Å². The van der Waals surface area contributed by atoms with Gasteiger partial charge in [0.15, 0.2) is 0 Å². The van der Waals surface area contributed by atoms with Crippen molar-refractivity contribution in [1.82, 2.24) is 0 Å². The maximum Gasteiger partial charge on any atom is 0.144 e. The first-order valence-electron chi connectivity index (χ1n) is 4.97. The highest BCUT2D eigenvalue weighted by Gasteiger charge is 2.07. The molecule has 0 saturated carbocycles. The standard InChI is InChI=1S/C11H20N3O.2ClH/c1-14(2,3)6-7-15-11-8-9(12)4-5-10(11)13;;/h4-5,8H,6-7,12-13H2,1-3H3;2*1H/q+1;;/p-1. The molecular weight excluding hydrogens is 261 g/mol. The smallest absolute Gasteiger partial charge is 0.144 e. The molecule has 0 spiro atoms. The molecule has 0 aliphatic heterocycles. The molecular formula is C11H21Cl2N3O. The first kappa shape index (κ1) is 18.5. The minimum atomic E-state index is 0. The lowest BCUT2D eigenvalue weighted by Gasteiger charge is -2.23.